The van der Waals surface area contributed by atoms with Gasteiger partial charge in [0.05, 0.1) is 18.2 Å². The van der Waals surface area contributed by atoms with Crippen LogP contribution in [-0.2, 0) is 4.74 Å². The van der Waals surface area contributed by atoms with Crippen LogP contribution in [0, 0.1) is 6.92 Å². The van der Waals surface area contributed by atoms with Crippen molar-refractivity contribution in [3.63, 3.8) is 0 Å². The second-order valence-corrected chi connectivity index (χ2v) is 6.63. The highest BCUT2D eigenvalue weighted by atomic mass is 16.5. The molecule has 0 unspecified atom stereocenters. The van der Waals surface area contributed by atoms with Crippen molar-refractivity contribution in [3.05, 3.63) is 72.2 Å². The van der Waals surface area contributed by atoms with Gasteiger partial charge in [-0.3, -0.25) is 4.98 Å². The highest BCUT2D eigenvalue weighted by Crippen LogP contribution is 2.31. The van der Waals surface area contributed by atoms with E-state index in [2.05, 4.69) is 25.6 Å². The Balaban J connectivity index is 1.60. The fraction of sp³-hybridized carbons (Fsp3) is 0.0909. The van der Waals surface area contributed by atoms with E-state index in [9.17, 15) is 4.79 Å². The molecule has 8 heteroatoms. The van der Waals surface area contributed by atoms with E-state index < -0.39 is 5.97 Å². The number of ether oxygens (including phenoxy) is 1. The van der Waals surface area contributed by atoms with Crippen LogP contribution in [0.5, 0.6) is 0 Å². The van der Waals surface area contributed by atoms with Crippen LogP contribution in [-0.4, -0.2) is 28.0 Å². The Morgan fingerprint density at radius 1 is 0.967 bits per heavy atom. The lowest BCUT2D eigenvalue weighted by Gasteiger charge is -2.14. The fourth-order valence-electron chi connectivity index (χ4n) is 3.03. The van der Waals surface area contributed by atoms with Gasteiger partial charge in [-0.2, -0.15) is 0 Å². The second kappa shape index (κ2) is 8.04. The molecule has 0 aliphatic heterocycles. The number of methoxy groups -OCH3 is 1. The molecule has 4 rings (SSSR count). The quantitative estimate of drug-likeness (QED) is 0.427. The molecule has 30 heavy (non-hydrogen) atoms. The highest BCUT2D eigenvalue weighted by molar-refractivity contribution is 5.94. The number of carbonyl (C=O) groups is 1. The number of aromatic nitrogens is 3. The van der Waals surface area contributed by atoms with Crippen LogP contribution < -0.4 is 16.4 Å². The van der Waals surface area contributed by atoms with Gasteiger partial charge >= 0.3 is 5.97 Å². The molecule has 0 saturated carbocycles. The standard InChI is InChI=1S/C22H20N6O2/c1-13-6-11-16-17(26-13)4-3-5-18(16)28-21-19(23)20(24-12-25-21)27-15-9-7-14(8-10-15)22(29)30-2/h3-12H,23H2,1-2H3,(H2,24,25,27,28). The van der Waals surface area contributed by atoms with E-state index in [1.54, 1.807) is 24.3 Å². The lowest BCUT2D eigenvalue weighted by molar-refractivity contribution is 0.0601. The molecule has 0 fully saturated rings. The molecule has 0 atom stereocenters. The molecule has 0 spiro atoms. The Labute approximate surface area is 173 Å². The highest BCUT2D eigenvalue weighted by Gasteiger charge is 2.11. The zero-order chi connectivity index (χ0) is 21.1. The molecule has 150 valence electrons. The number of aryl methyl sites for hydroxylation is 1. The summed E-state index contributed by atoms with van der Waals surface area (Å²) in [7, 11) is 1.35. The summed E-state index contributed by atoms with van der Waals surface area (Å²) in [5.74, 6) is 0.536. The molecule has 0 bridgehead atoms. The minimum Gasteiger partial charge on any atom is -0.465 e. The van der Waals surface area contributed by atoms with E-state index in [0.717, 1.165) is 28.0 Å². The van der Waals surface area contributed by atoms with Crippen molar-refractivity contribution in [2.24, 2.45) is 0 Å². The van der Waals surface area contributed by atoms with Crippen LogP contribution in [0.15, 0.2) is 60.9 Å². The number of esters is 1. The molecule has 4 aromatic rings. The van der Waals surface area contributed by atoms with E-state index in [0.29, 0.717) is 22.9 Å². The van der Waals surface area contributed by atoms with Crippen LogP contribution in [0.1, 0.15) is 16.1 Å². The summed E-state index contributed by atoms with van der Waals surface area (Å²) in [6.07, 6.45) is 1.43. The van der Waals surface area contributed by atoms with Crippen molar-refractivity contribution in [2.45, 2.75) is 6.92 Å². The van der Waals surface area contributed by atoms with Crippen LogP contribution in [0.2, 0.25) is 0 Å². The van der Waals surface area contributed by atoms with Gasteiger partial charge in [-0.1, -0.05) is 6.07 Å². The number of fused-ring (bicyclic) bond motifs is 1. The Kier molecular flexibility index (Phi) is 5.13. The number of hydrogen-bond acceptors (Lipinski definition) is 8. The molecule has 2 aromatic heterocycles. The average Bonchev–Trinajstić information content (AvgIpc) is 2.76. The zero-order valence-corrected chi connectivity index (χ0v) is 16.5. The third-order valence-corrected chi connectivity index (χ3v) is 4.58. The number of carbonyl (C=O) groups excluding carboxylic acids is 1. The van der Waals surface area contributed by atoms with E-state index in [1.807, 2.05) is 37.3 Å². The maximum absolute atomic E-state index is 11.6. The predicted molar refractivity (Wildman–Crippen MR) is 117 cm³/mol. The molecule has 2 aromatic carbocycles. The first-order valence-electron chi connectivity index (χ1n) is 9.24. The summed E-state index contributed by atoms with van der Waals surface area (Å²) in [5.41, 5.74) is 10.5. The van der Waals surface area contributed by atoms with Gasteiger partial charge in [-0.15, -0.1) is 0 Å². The molecule has 4 N–H and O–H groups in total. The van der Waals surface area contributed by atoms with Crippen molar-refractivity contribution >= 4 is 45.6 Å². The first kappa shape index (κ1) is 19.1. The summed E-state index contributed by atoms with van der Waals surface area (Å²) in [5, 5.41) is 7.39. The first-order chi connectivity index (χ1) is 14.5. The molecule has 0 aliphatic rings. The Bertz CT molecular complexity index is 1220. The minimum absolute atomic E-state index is 0.367. The van der Waals surface area contributed by atoms with Crippen molar-refractivity contribution in [1.29, 1.82) is 0 Å². The maximum atomic E-state index is 11.6. The van der Waals surface area contributed by atoms with Gasteiger partial charge in [0.15, 0.2) is 11.6 Å². The average molecular weight is 400 g/mol. The summed E-state index contributed by atoms with van der Waals surface area (Å²) < 4.78 is 4.71. The lowest BCUT2D eigenvalue weighted by Crippen LogP contribution is -2.06. The number of nitrogen functional groups attached to an aromatic ring is 1. The van der Waals surface area contributed by atoms with Crippen molar-refractivity contribution < 1.29 is 9.53 Å². The van der Waals surface area contributed by atoms with Crippen LogP contribution in [0.25, 0.3) is 10.9 Å². The van der Waals surface area contributed by atoms with Crippen LogP contribution >= 0.6 is 0 Å². The first-order valence-corrected chi connectivity index (χ1v) is 9.24. The second-order valence-electron chi connectivity index (χ2n) is 6.63. The number of nitrogens with one attached hydrogen (secondary N) is 2. The van der Waals surface area contributed by atoms with Crippen molar-refractivity contribution in [3.8, 4) is 0 Å². The lowest BCUT2D eigenvalue weighted by atomic mass is 10.1. The Morgan fingerprint density at radius 3 is 2.43 bits per heavy atom. The smallest absolute Gasteiger partial charge is 0.337 e. The third kappa shape index (κ3) is 3.83. The molecule has 8 nitrogen and oxygen atoms in total. The van der Waals surface area contributed by atoms with E-state index in [1.165, 1.54) is 13.4 Å². The normalized spacial score (nSPS) is 10.6. The number of pyridine rings is 1. The minimum atomic E-state index is -0.394. The Morgan fingerprint density at radius 2 is 1.70 bits per heavy atom. The SMILES string of the molecule is COC(=O)c1ccc(Nc2ncnc(Nc3cccc4nc(C)ccc34)c2N)cc1. The van der Waals surface area contributed by atoms with Gasteiger partial charge in [0, 0.05) is 22.5 Å². The molecule has 0 radical (unpaired) electrons. The summed E-state index contributed by atoms with van der Waals surface area (Å²) in [4.78, 5) is 24.6. The van der Waals surface area contributed by atoms with Gasteiger partial charge < -0.3 is 21.1 Å². The van der Waals surface area contributed by atoms with E-state index >= 15 is 0 Å². The van der Waals surface area contributed by atoms with Crippen molar-refractivity contribution in [2.75, 3.05) is 23.5 Å². The number of rotatable bonds is 5. The summed E-state index contributed by atoms with van der Waals surface area (Å²) in [6.45, 7) is 1.96. The topological polar surface area (TPSA) is 115 Å². The predicted octanol–water partition coefficient (Wildman–Crippen LogP) is 4.19. The summed E-state index contributed by atoms with van der Waals surface area (Å²) in [6, 6.07) is 16.6. The molecule has 0 amide bonds. The van der Waals surface area contributed by atoms with Gasteiger partial charge in [-0.25, -0.2) is 14.8 Å². The maximum Gasteiger partial charge on any atom is 0.337 e. The third-order valence-electron chi connectivity index (χ3n) is 4.58. The number of nitrogens with two attached hydrogens (primary N) is 1. The molecule has 0 saturated heterocycles. The molecular weight excluding hydrogens is 380 g/mol. The summed E-state index contributed by atoms with van der Waals surface area (Å²) >= 11 is 0. The number of benzene rings is 2. The van der Waals surface area contributed by atoms with Gasteiger partial charge in [-0.05, 0) is 55.5 Å². The van der Waals surface area contributed by atoms with E-state index in [-0.39, 0.29) is 0 Å². The van der Waals surface area contributed by atoms with E-state index in [4.69, 9.17) is 10.5 Å². The van der Waals surface area contributed by atoms with Gasteiger partial charge in [0.1, 0.15) is 12.0 Å². The van der Waals surface area contributed by atoms with Crippen molar-refractivity contribution in [1.82, 2.24) is 15.0 Å². The van der Waals surface area contributed by atoms with Crippen LogP contribution in [0.4, 0.5) is 28.7 Å². The Hall–Kier alpha value is -4.20. The van der Waals surface area contributed by atoms with Gasteiger partial charge in [0.2, 0.25) is 0 Å². The van der Waals surface area contributed by atoms with Gasteiger partial charge in [0.25, 0.3) is 0 Å². The zero-order valence-electron chi connectivity index (χ0n) is 16.5. The molecule has 2 heterocycles. The largest absolute Gasteiger partial charge is 0.465 e. The number of nitrogens with zero attached hydrogens (tertiary/aromatic N) is 3. The molecule has 0 aliphatic carbocycles. The molecular formula is C22H20N6O2. The van der Waals surface area contributed by atoms with Crippen LogP contribution in [0.3, 0.4) is 0 Å². The fourth-order valence-corrected chi connectivity index (χ4v) is 3.03. The monoisotopic (exact) mass is 400 g/mol. The number of anilines is 5. The number of hydrogen-bond donors (Lipinski definition) is 3.